The molecule has 0 saturated carbocycles. The molecule has 1 fully saturated rings. The van der Waals surface area contributed by atoms with Crippen LogP contribution < -0.4 is 5.32 Å². The Kier molecular flexibility index (Phi) is 3.75. The molecule has 96 valence electrons. The van der Waals surface area contributed by atoms with Crippen LogP contribution in [-0.4, -0.2) is 45.9 Å². The number of nitrogens with one attached hydrogen (secondary N) is 1. The molecule has 0 aromatic heterocycles. The first kappa shape index (κ1) is 13.5. The van der Waals surface area contributed by atoms with Gasteiger partial charge in [-0.3, -0.25) is 14.4 Å². The lowest BCUT2D eigenvalue weighted by Gasteiger charge is -2.36. The van der Waals surface area contributed by atoms with Crippen LogP contribution in [0.3, 0.4) is 0 Å². The van der Waals surface area contributed by atoms with Crippen LogP contribution in [0.15, 0.2) is 0 Å². The Morgan fingerprint density at radius 2 is 2.06 bits per heavy atom. The summed E-state index contributed by atoms with van der Waals surface area (Å²) in [4.78, 5) is 35.2. The van der Waals surface area contributed by atoms with Gasteiger partial charge in [0.05, 0.1) is 0 Å². The summed E-state index contributed by atoms with van der Waals surface area (Å²) in [6.45, 7) is 4.95. The Labute approximate surface area is 100.0 Å². The minimum absolute atomic E-state index is 0.160. The van der Waals surface area contributed by atoms with E-state index in [1.807, 2.05) is 0 Å². The molecular formula is C11H18N2O4. The number of amides is 2. The number of aliphatic carboxylic acids is 1. The third-order valence-corrected chi connectivity index (χ3v) is 2.66. The highest BCUT2D eigenvalue weighted by atomic mass is 16.4. The van der Waals surface area contributed by atoms with E-state index in [4.69, 9.17) is 5.11 Å². The maximum absolute atomic E-state index is 12.1. The third kappa shape index (κ3) is 3.44. The first-order valence-electron chi connectivity index (χ1n) is 5.54. The lowest BCUT2D eigenvalue weighted by Crippen LogP contribution is -2.54. The molecule has 0 aliphatic carbocycles. The van der Waals surface area contributed by atoms with Crippen LogP contribution in [0.1, 0.15) is 33.6 Å². The van der Waals surface area contributed by atoms with Gasteiger partial charge in [0.25, 0.3) is 0 Å². The number of rotatable bonds is 3. The summed E-state index contributed by atoms with van der Waals surface area (Å²) >= 11 is 0. The maximum atomic E-state index is 12.1. The minimum atomic E-state index is -1.06. The van der Waals surface area contributed by atoms with Gasteiger partial charge in [-0.05, 0) is 27.2 Å². The predicted molar refractivity (Wildman–Crippen MR) is 60.3 cm³/mol. The fourth-order valence-corrected chi connectivity index (χ4v) is 1.77. The molecule has 1 aliphatic rings. The first-order chi connectivity index (χ1) is 7.71. The van der Waals surface area contributed by atoms with Crippen LogP contribution in [0, 0.1) is 0 Å². The van der Waals surface area contributed by atoms with E-state index in [9.17, 15) is 14.4 Å². The largest absolute Gasteiger partial charge is 0.480 e. The van der Waals surface area contributed by atoms with Gasteiger partial charge in [0.1, 0.15) is 12.6 Å². The zero-order valence-corrected chi connectivity index (χ0v) is 10.3. The number of carbonyl (C=O) groups is 3. The van der Waals surface area contributed by atoms with Crippen LogP contribution in [0.25, 0.3) is 0 Å². The SMILES string of the molecule is CC(C)(C)N(CC(=O)O)C(=O)C1CCC(=O)N1. The molecule has 6 nitrogen and oxygen atoms in total. The molecule has 2 N–H and O–H groups in total. The van der Waals surface area contributed by atoms with E-state index in [2.05, 4.69) is 5.32 Å². The second-order valence-electron chi connectivity index (χ2n) is 5.15. The Morgan fingerprint density at radius 3 is 2.41 bits per heavy atom. The van der Waals surface area contributed by atoms with Gasteiger partial charge < -0.3 is 15.3 Å². The molecule has 0 radical (unpaired) electrons. The molecular weight excluding hydrogens is 224 g/mol. The topological polar surface area (TPSA) is 86.7 Å². The van der Waals surface area contributed by atoms with Crippen LogP contribution in [0.2, 0.25) is 0 Å². The van der Waals surface area contributed by atoms with Gasteiger partial charge in [0, 0.05) is 12.0 Å². The molecule has 1 unspecified atom stereocenters. The summed E-state index contributed by atoms with van der Waals surface area (Å²) in [5, 5.41) is 11.4. The Morgan fingerprint density at radius 1 is 1.47 bits per heavy atom. The summed E-state index contributed by atoms with van der Waals surface area (Å²) in [5.74, 6) is -1.55. The second kappa shape index (κ2) is 4.73. The normalized spacial score (nSPS) is 19.9. The Bertz CT molecular complexity index is 346. The Balaban J connectivity index is 2.79. The van der Waals surface area contributed by atoms with Crippen molar-refractivity contribution in [1.82, 2.24) is 10.2 Å². The summed E-state index contributed by atoms with van der Waals surface area (Å²) in [7, 11) is 0. The van der Waals surface area contributed by atoms with Crippen molar-refractivity contribution in [3.05, 3.63) is 0 Å². The minimum Gasteiger partial charge on any atom is -0.480 e. The number of carboxylic acid groups (broad SMARTS) is 1. The molecule has 1 heterocycles. The van der Waals surface area contributed by atoms with Crippen molar-refractivity contribution in [1.29, 1.82) is 0 Å². The van der Waals surface area contributed by atoms with Crippen molar-refractivity contribution < 1.29 is 19.5 Å². The van der Waals surface area contributed by atoms with E-state index in [1.165, 1.54) is 4.90 Å². The predicted octanol–water partition coefficient (Wildman–Crippen LogP) is -0.0233. The average molecular weight is 242 g/mol. The van der Waals surface area contributed by atoms with Crippen molar-refractivity contribution >= 4 is 17.8 Å². The molecule has 6 heteroatoms. The number of hydrogen-bond acceptors (Lipinski definition) is 3. The quantitative estimate of drug-likeness (QED) is 0.728. The molecule has 0 bridgehead atoms. The zero-order valence-electron chi connectivity index (χ0n) is 10.3. The number of carboxylic acids is 1. The number of nitrogens with zero attached hydrogens (tertiary/aromatic N) is 1. The average Bonchev–Trinajstić information content (AvgIpc) is 2.58. The van der Waals surface area contributed by atoms with Crippen molar-refractivity contribution in [2.75, 3.05) is 6.54 Å². The first-order valence-corrected chi connectivity index (χ1v) is 5.54. The fraction of sp³-hybridized carbons (Fsp3) is 0.727. The molecule has 0 spiro atoms. The van der Waals surface area contributed by atoms with Crippen LogP contribution in [-0.2, 0) is 14.4 Å². The van der Waals surface area contributed by atoms with Gasteiger partial charge in [-0.2, -0.15) is 0 Å². The molecule has 2 amide bonds. The molecule has 1 atom stereocenters. The highest BCUT2D eigenvalue weighted by Crippen LogP contribution is 2.18. The van der Waals surface area contributed by atoms with E-state index >= 15 is 0 Å². The third-order valence-electron chi connectivity index (χ3n) is 2.66. The van der Waals surface area contributed by atoms with Gasteiger partial charge in [-0.25, -0.2) is 0 Å². The monoisotopic (exact) mass is 242 g/mol. The highest BCUT2D eigenvalue weighted by Gasteiger charge is 2.36. The number of carbonyl (C=O) groups excluding carboxylic acids is 2. The van der Waals surface area contributed by atoms with Gasteiger partial charge in [-0.15, -0.1) is 0 Å². The van der Waals surface area contributed by atoms with Crippen LogP contribution in [0.5, 0.6) is 0 Å². The van der Waals surface area contributed by atoms with Crippen molar-refractivity contribution in [3.63, 3.8) is 0 Å². The van der Waals surface area contributed by atoms with E-state index in [-0.39, 0.29) is 18.4 Å². The number of hydrogen-bond donors (Lipinski definition) is 2. The van der Waals surface area contributed by atoms with E-state index < -0.39 is 17.6 Å². The van der Waals surface area contributed by atoms with Crippen molar-refractivity contribution in [2.45, 2.75) is 45.2 Å². The zero-order chi connectivity index (χ0) is 13.2. The molecule has 1 rings (SSSR count). The van der Waals surface area contributed by atoms with Crippen molar-refractivity contribution in [3.8, 4) is 0 Å². The second-order valence-corrected chi connectivity index (χ2v) is 5.15. The van der Waals surface area contributed by atoms with Gasteiger partial charge in [0.2, 0.25) is 11.8 Å². The summed E-state index contributed by atoms with van der Waals surface area (Å²) in [6, 6.07) is -0.582. The maximum Gasteiger partial charge on any atom is 0.323 e. The molecule has 17 heavy (non-hydrogen) atoms. The van der Waals surface area contributed by atoms with Gasteiger partial charge in [-0.1, -0.05) is 0 Å². The fourth-order valence-electron chi connectivity index (χ4n) is 1.77. The van der Waals surface area contributed by atoms with E-state index in [1.54, 1.807) is 20.8 Å². The van der Waals surface area contributed by atoms with E-state index in [0.717, 1.165) is 0 Å². The summed E-state index contributed by atoms with van der Waals surface area (Å²) in [5.41, 5.74) is -0.581. The highest BCUT2D eigenvalue weighted by molar-refractivity contribution is 5.92. The molecule has 0 aromatic carbocycles. The molecule has 0 aromatic rings. The lowest BCUT2D eigenvalue weighted by atomic mass is 10.0. The smallest absolute Gasteiger partial charge is 0.323 e. The summed E-state index contributed by atoms with van der Waals surface area (Å²) < 4.78 is 0. The lowest BCUT2D eigenvalue weighted by molar-refractivity contribution is -0.149. The molecule has 1 saturated heterocycles. The van der Waals surface area contributed by atoms with Gasteiger partial charge in [0.15, 0.2) is 0 Å². The summed E-state index contributed by atoms with van der Waals surface area (Å²) in [6.07, 6.45) is 0.755. The standard InChI is InChI=1S/C11H18N2O4/c1-11(2,3)13(6-9(15)16)10(17)7-4-5-8(14)12-7/h7H,4-6H2,1-3H3,(H,12,14)(H,15,16). The Hall–Kier alpha value is -1.59. The van der Waals surface area contributed by atoms with Gasteiger partial charge >= 0.3 is 5.97 Å². The van der Waals surface area contributed by atoms with Crippen molar-refractivity contribution in [2.24, 2.45) is 0 Å². The van der Waals surface area contributed by atoms with Crippen LogP contribution in [0.4, 0.5) is 0 Å². The van der Waals surface area contributed by atoms with Crippen LogP contribution >= 0.6 is 0 Å². The van der Waals surface area contributed by atoms with E-state index in [0.29, 0.717) is 12.8 Å². The molecule has 1 aliphatic heterocycles.